The van der Waals surface area contributed by atoms with E-state index in [1.165, 1.54) is 0 Å². The van der Waals surface area contributed by atoms with Crippen LogP contribution >= 0.6 is 0 Å². The summed E-state index contributed by atoms with van der Waals surface area (Å²) in [6.45, 7) is 13.7. The van der Waals surface area contributed by atoms with Crippen LogP contribution in [0.4, 0.5) is 11.4 Å². The summed E-state index contributed by atoms with van der Waals surface area (Å²) in [5, 5.41) is 3.59. The summed E-state index contributed by atoms with van der Waals surface area (Å²) < 4.78 is 11.0. The van der Waals surface area contributed by atoms with Crippen molar-refractivity contribution in [3.05, 3.63) is 65.6 Å². The van der Waals surface area contributed by atoms with E-state index in [4.69, 9.17) is 14.5 Å². The van der Waals surface area contributed by atoms with Crippen molar-refractivity contribution < 1.29 is 9.47 Å². The summed E-state index contributed by atoms with van der Waals surface area (Å²) in [6, 6.07) is 2.42. The molecule has 0 spiro atoms. The first-order chi connectivity index (χ1) is 16.9. The Morgan fingerprint density at radius 2 is 1.91 bits per heavy atom. The Bertz CT molecular complexity index is 1030. The van der Waals surface area contributed by atoms with E-state index in [0.29, 0.717) is 25.1 Å². The zero-order valence-electron chi connectivity index (χ0n) is 22.6. The van der Waals surface area contributed by atoms with Gasteiger partial charge in [-0.3, -0.25) is 9.97 Å². The number of anilines is 2. The van der Waals surface area contributed by atoms with Gasteiger partial charge in [-0.2, -0.15) is 0 Å². The molecule has 0 saturated heterocycles. The normalized spacial score (nSPS) is 12.4. The highest BCUT2D eigenvalue weighted by molar-refractivity contribution is 5.81. The van der Waals surface area contributed by atoms with Crippen LogP contribution in [-0.2, 0) is 17.7 Å². The van der Waals surface area contributed by atoms with E-state index in [0.717, 1.165) is 52.6 Å². The van der Waals surface area contributed by atoms with Crippen molar-refractivity contribution in [2.45, 2.75) is 67.0 Å². The molecule has 0 radical (unpaired) electrons. The van der Waals surface area contributed by atoms with Crippen LogP contribution in [0.15, 0.2) is 48.5 Å². The van der Waals surface area contributed by atoms with Gasteiger partial charge in [0.2, 0.25) is 5.88 Å². The second-order valence-corrected chi connectivity index (χ2v) is 8.41. The van der Waals surface area contributed by atoms with Crippen molar-refractivity contribution in [1.29, 1.82) is 0 Å². The number of allylic oxidation sites excluding steroid dienone is 6. The predicted octanol–water partition coefficient (Wildman–Crippen LogP) is 6.19. The zero-order valence-corrected chi connectivity index (χ0v) is 22.6. The van der Waals surface area contributed by atoms with E-state index in [1.54, 1.807) is 19.5 Å². The highest BCUT2D eigenvalue weighted by Crippen LogP contribution is 2.34. The van der Waals surface area contributed by atoms with Gasteiger partial charge >= 0.3 is 0 Å². The molecule has 0 atom stereocenters. The molecule has 0 aromatic carbocycles. The van der Waals surface area contributed by atoms with Crippen molar-refractivity contribution in [3.8, 4) is 5.88 Å². The maximum Gasteiger partial charge on any atom is 0.231 e. The third-order valence-electron chi connectivity index (χ3n) is 5.64. The molecule has 7 heteroatoms. The fourth-order valence-corrected chi connectivity index (χ4v) is 3.53. The lowest BCUT2D eigenvalue weighted by Gasteiger charge is -2.29. The van der Waals surface area contributed by atoms with Crippen LogP contribution in [0.1, 0.15) is 65.0 Å². The number of hydrogen-bond donors (Lipinski definition) is 1. The molecule has 0 unspecified atom stereocenters. The van der Waals surface area contributed by atoms with Crippen molar-refractivity contribution in [2.24, 2.45) is 0 Å². The fraction of sp³-hybridized carbons (Fsp3) is 0.464. The van der Waals surface area contributed by atoms with Gasteiger partial charge in [0.25, 0.3) is 0 Å². The molecule has 7 nitrogen and oxygen atoms in total. The van der Waals surface area contributed by atoms with Crippen LogP contribution in [0.3, 0.4) is 0 Å². The average Bonchev–Trinajstić information content (AvgIpc) is 2.86. The second-order valence-electron chi connectivity index (χ2n) is 8.41. The summed E-state index contributed by atoms with van der Waals surface area (Å²) in [7, 11) is 3.69. The maximum atomic E-state index is 5.90. The number of ether oxygens (including phenoxy) is 2. The summed E-state index contributed by atoms with van der Waals surface area (Å²) in [5.41, 5.74) is 5.79. The first-order valence-electron chi connectivity index (χ1n) is 12.4. The largest absolute Gasteiger partial charge is 0.498 e. The van der Waals surface area contributed by atoms with Crippen LogP contribution in [0, 0.1) is 0 Å². The third kappa shape index (κ3) is 7.84. The number of nitrogens with zero attached hydrogens (tertiary/aromatic N) is 4. The van der Waals surface area contributed by atoms with Crippen LogP contribution in [0.2, 0.25) is 0 Å². The minimum absolute atomic E-state index is 0.313. The van der Waals surface area contributed by atoms with Gasteiger partial charge in [-0.05, 0) is 52.7 Å². The monoisotopic (exact) mass is 479 g/mol. The molecule has 2 aromatic heterocycles. The topological polar surface area (TPSA) is 72.4 Å². The van der Waals surface area contributed by atoms with Crippen molar-refractivity contribution in [3.63, 3.8) is 0 Å². The summed E-state index contributed by atoms with van der Waals surface area (Å²) >= 11 is 0. The summed E-state index contributed by atoms with van der Waals surface area (Å²) in [6.07, 6.45) is 13.5. The number of methoxy groups -OCH3 is 1. The van der Waals surface area contributed by atoms with Gasteiger partial charge in [0.05, 0.1) is 61.1 Å². The van der Waals surface area contributed by atoms with Gasteiger partial charge in [-0.1, -0.05) is 32.1 Å². The van der Waals surface area contributed by atoms with E-state index in [9.17, 15) is 0 Å². The number of aryl methyl sites for hydroxylation is 1. The fourth-order valence-electron chi connectivity index (χ4n) is 3.53. The smallest absolute Gasteiger partial charge is 0.231 e. The highest BCUT2D eigenvalue weighted by Gasteiger charge is 2.19. The van der Waals surface area contributed by atoms with Gasteiger partial charge in [-0.25, -0.2) is 4.98 Å². The summed E-state index contributed by atoms with van der Waals surface area (Å²) in [5.74, 6) is 1.35. The molecule has 0 bridgehead atoms. The SMILES string of the molecule is CC/C=C/C=C\C(=C(/C)OCC)c1cc(NCc2cnc(OC)cn2)c(N(C)C(C)C)c(CC)n1. The predicted molar refractivity (Wildman–Crippen MR) is 146 cm³/mol. The lowest BCUT2D eigenvalue weighted by molar-refractivity contribution is 0.233. The standard InChI is InChI=1S/C28H41N5O2/c1-9-12-13-14-15-23(21(6)35-11-3)25-16-26(28(24(10-2)32-25)33(7)20(4)5)30-17-22-18-31-27(34-8)19-29-22/h12-16,18-20H,9-11,17H2,1-8H3,(H,30,32)/b13-12+,15-14-,23-21-. The number of rotatable bonds is 13. The van der Waals surface area contributed by atoms with Crippen LogP contribution in [-0.4, -0.2) is 41.8 Å². The van der Waals surface area contributed by atoms with E-state index in [1.807, 2.05) is 19.9 Å². The Kier molecular flexibility index (Phi) is 11.3. The van der Waals surface area contributed by atoms with Gasteiger partial charge in [0, 0.05) is 18.7 Å². The molecule has 0 amide bonds. The highest BCUT2D eigenvalue weighted by atomic mass is 16.5. The minimum atomic E-state index is 0.313. The Balaban J connectivity index is 2.59. The molecule has 2 rings (SSSR count). The lowest BCUT2D eigenvalue weighted by atomic mass is 10.1. The number of aromatic nitrogens is 3. The van der Waals surface area contributed by atoms with Crippen molar-refractivity contribution in [1.82, 2.24) is 15.0 Å². The molecule has 0 fully saturated rings. The molecule has 2 aromatic rings. The average molecular weight is 480 g/mol. The third-order valence-corrected chi connectivity index (χ3v) is 5.64. The molecule has 0 aliphatic rings. The zero-order chi connectivity index (χ0) is 25.8. The molecule has 0 aliphatic heterocycles. The molecule has 190 valence electrons. The second kappa shape index (κ2) is 14.1. The Morgan fingerprint density at radius 1 is 1.14 bits per heavy atom. The quantitative estimate of drug-likeness (QED) is 0.271. The molecule has 0 saturated carbocycles. The van der Waals surface area contributed by atoms with E-state index in [-0.39, 0.29) is 0 Å². The van der Waals surface area contributed by atoms with E-state index < -0.39 is 0 Å². The number of nitrogens with one attached hydrogen (secondary N) is 1. The molecule has 0 aliphatic carbocycles. The van der Waals surface area contributed by atoms with Crippen LogP contribution in [0.25, 0.3) is 5.57 Å². The van der Waals surface area contributed by atoms with Crippen molar-refractivity contribution >= 4 is 16.9 Å². The molecule has 35 heavy (non-hydrogen) atoms. The van der Waals surface area contributed by atoms with E-state index in [2.05, 4.69) is 79.2 Å². The van der Waals surface area contributed by atoms with E-state index >= 15 is 0 Å². The molecule has 1 N–H and O–H groups in total. The Hall–Kier alpha value is -3.35. The van der Waals surface area contributed by atoms with Gasteiger partial charge < -0.3 is 19.7 Å². The first-order valence-corrected chi connectivity index (χ1v) is 12.4. The Morgan fingerprint density at radius 3 is 2.49 bits per heavy atom. The molecule has 2 heterocycles. The molecular weight excluding hydrogens is 438 g/mol. The summed E-state index contributed by atoms with van der Waals surface area (Å²) in [4.78, 5) is 16.1. The minimum Gasteiger partial charge on any atom is -0.498 e. The van der Waals surface area contributed by atoms with Crippen LogP contribution < -0.4 is 15.0 Å². The number of pyridine rings is 1. The maximum absolute atomic E-state index is 5.90. The molecular formula is C28H41N5O2. The van der Waals surface area contributed by atoms with Crippen LogP contribution in [0.5, 0.6) is 5.88 Å². The lowest BCUT2D eigenvalue weighted by Crippen LogP contribution is -2.28. The van der Waals surface area contributed by atoms with Gasteiger partial charge in [0.15, 0.2) is 0 Å². The number of hydrogen-bond acceptors (Lipinski definition) is 7. The van der Waals surface area contributed by atoms with Gasteiger partial charge in [0.1, 0.15) is 5.76 Å². The van der Waals surface area contributed by atoms with Crippen molar-refractivity contribution in [2.75, 3.05) is 31.0 Å². The first kappa shape index (κ1) is 27.9. The van der Waals surface area contributed by atoms with Gasteiger partial charge in [-0.15, -0.1) is 0 Å². The Labute approximate surface area is 211 Å².